The maximum absolute atomic E-state index is 11.7. The van der Waals surface area contributed by atoms with Crippen LogP contribution in [0, 0.1) is 10.1 Å². The van der Waals surface area contributed by atoms with Crippen molar-refractivity contribution in [2.75, 3.05) is 13.2 Å². The predicted octanol–water partition coefficient (Wildman–Crippen LogP) is 1.37. The van der Waals surface area contributed by atoms with Crippen molar-refractivity contribution in [1.29, 1.82) is 0 Å². The van der Waals surface area contributed by atoms with Crippen LogP contribution >= 0.6 is 11.6 Å². The number of carbonyl (C=O) groups is 1. The van der Waals surface area contributed by atoms with E-state index in [1.165, 1.54) is 24.3 Å². The molecule has 1 aromatic carbocycles. The highest BCUT2D eigenvalue weighted by atomic mass is 35.5. The second-order valence-corrected chi connectivity index (χ2v) is 4.01. The largest absolute Gasteiger partial charge is 0.463 e. The Bertz CT molecular complexity index is 447. The van der Waals surface area contributed by atoms with Gasteiger partial charge in [-0.25, -0.2) is 4.79 Å². The van der Waals surface area contributed by atoms with E-state index in [1.807, 2.05) is 0 Å². The molecule has 6 nitrogen and oxygen atoms in total. The molecule has 0 saturated carbocycles. The lowest BCUT2D eigenvalue weighted by Gasteiger charge is -2.22. The summed E-state index contributed by atoms with van der Waals surface area (Å²) in [5.74, 6) is -1.05. The van der Waals surface area contributed by atoms with E-state index in [0.717, 1.165) is 0 Å². The third-order valence-electron chi connectivity index (χ3n) is 2.29. The fraction of sp³-hybridized carbons (Fsp3) is 0.364. The summed E-state index contributed by atoms with van der Waals surface area (Å²) < 4.78 is 4.67. The molecule has 0 saturated heterocycles. The average Bonchev–Trinajstić information content (AvgIpc) is 2.29. The normalized spacial score (nSPS) is 13.7. The first kappa shape index (κ1) is 14.4. The Hall–Kier alpha value is -1.66. The van der Waals surface area contributed by atoms with Gasteiger partial charge < -0.3 is 9.84 Å². The monoisotopic (exact) mass is 273 g/mol. The van der Waals surface area contributed by atoms with Crippen molar-refractivity contribution < 1.29 is 19.6 Å². The van der Waals surface area contributed by atoms with Crippen LogP contribution in [0.15, 0.2) is 24.3 Å². The number of aliphatic hydroxyl groups is 1. The van der Waals surface area contributed by atoms with Gasteiger partial charge >= 0.3 is 5.97 Å². The number of rotatable bonds is 5. The van der Waals surface area contributed by atoms with Gasteiger partial charge in [0.25, 0.3) is 5.60 Å². The molecule has 1 unspecified atom stereocenters. The minimum atomic E-state index is -2.30. The van der Waals surface area contributed by atoms with Crippen molar-refractivity contribution in [1.82, 2.24) is 0 Å². The summed E-state index contributed by atoms with van der Waals surface area (Å²) >= 11 is 5.68. The highest BCUT2D eigenvalue weighted by molar-refractivity contribution is 6.30. The van der Waals surface area contributed by atoms with Crippen LogP contribution in [0.4, 0.5) is 0 Å². The topological polar surface area (TPSA) is 89.7 Å². The van der Waals surface area contributed by atoms with Crippen LogP contribution in [0.5, 0.6) is 0 Å². The lowest BCUT2D eigenvalue weighted by atomic mass is 9.94. The van der Waals surface area contributed by atoms with Crippen LogP contribution in [-0.4, -0.2) is 29.2 Å². The molecule has 0 aliphatic carbocycles. The predicted molar refractivity (Wildman–Crippen MR) is 63.8 cm³/mol. The SMILES string of the molecule is CCOC(=O)C(O)(C[N+](=O)[O-])c1ccc(Cl)cc1. The molecule has 0 aliphatic heterocycles. The van der Waals surface area contributed by atoms with Gasteiger partial charge in [-0.3, -0.25) is 10.1 Å². The molecule has 0 spiro atoms. The number of carbonyl (C=O) groups excluding carboxylic acids is 1. The quantitative estimate of drug-likeness (QED) is 0.497. The van der Waals surface area contributed by atoms with E-state index in [2.05, 4.69) is 4.74 Å². The minimum Gasteiger partial charge on any atom is -0.463 e. The molecule has 0 radical (unpaired) electrons. The molecule has 0 aromatic heterocycles. The number of halogens is 1. The first-order valence-corrected chi connectivity index (χ1v) is 5.55. The second kappa shape index (κ2) is 5.79. The van der Waals surface area contributed by atoms with Crippen LogP contribution in [0.3, 0.4) is 0 Å². The Labute approximate surface area is 108 Å². The van der Waals surface area contributed by atoms with Gasteiger partial charge in [0.2, 0.25) is 6.54 Å². The summed E-state index contributed by atoms with van der Waals surface area (Å²) in [5, 5.41) is 21.2. The highest BCUT2D eigenvalue weighted by Gasteiger charge is 2.45. The number of ether oxygens (including phenoxy) is 1. The second-order valence-electron chi connectivity index (χ2n) is 3.58. The van der Waals surface area contributed by atoms with Gasteiger partial charge in [-0.15, -0.1) is 0 Å². The third kappa shape index (κ3) is 3.18. The van der Waals surface area contributed by atoms with E-state index in [4.69, 9.17) is 11.6 Å². The lowest BCUT2D eigenvalue weighted by molar-refractivity contribution is -0.499. The average molecular weight is 274 g/mol. The molecule has 0 heterocycles. The first-order chi connectivity index (χ1) is 8.40. The Morgan fingerprint density at radius 3 is 2.50 bits per heavy atom. The van der Waals surface area contributed by atoms with Crippen molar-refractivity contribution >= 4 is 17.6 Å². The fourth-order valence-electron chi connectivity index (χ4n) is 1.44. The van der Waals surface area contributed by atoms with E-state index < -0.39 is 23.0 Å². The third-order valence-corrected chi connectivity index (χ3v) is 2.54. The summed E-state index contributed by atoms with van der Waals surface area (Å²) in [6.07, 6.45) is 0. The number of hydrogen-bond donors (Lipinski definition) is 1. The molecule has 98 valence electrons. The maximum atomic E-state index is 11.7. The number of nitrogens with zero attached hydrogens (tertiary/aromatic N) is 1. The Morgan fingerprint density at radius 2 is 2.06 bits per heavy atom. The van der Waals surface area contributed by atoms with E-state index in [1.54, 1.807) is 6.92 Å². The number of esters is 1. The molecule has 1 N–H and O–H groups in total. The molecule has 18 heavy (non-hydrogen) atoms. The highest BCUT2D eigenvalue weighted by Crippen LogP contribution is 2.25. The Kier molecular flexibility index (Phi) is 4.63. The zero-order valence-corrected chi connectivity index (χ0v) is 10.4. The maximum Gasteiger partial charge on any atom is 0.349 e. The van der Waals surface area contributed by atoms with Crippen molar-refractivity contribution in [3.8, 4) is 0 Å². The first-order valence-electron chi connectivity index (χ1n) is 5.17. The van der Waals surface area contributed by atoms with Gasteiger partial charge in [0.05, 0.1) is 6.61 Å². The molecule has 1 rings (SSSR count). The zero-order chi connectivity index (χ0) is 13.8. The minimum absolute atomic E-state index is 0.0203. The number of hydrogen-bond acceptors (Lipinski definition) is 5. The van der Waals surface area contributed by atoms with E-state index >= 15 is 0 Å². The van der Waals surface area contributed by atoms with Crippen LogP contribution in [0.1, 0.15) is 12.5 Å². The molecule has 0 fully saturated rings. The summed E-state index contributed by atoms with van der Waals surface area (Å²) in [5.41, 5.74) is -2.23. The number of benzene rings is 1. The van der Waals surface area contributed by atoms with Gasteiger partial charge in [-0.2, -0.15) is 0 Å². The summed E-state index contributed by atoms with van der Waals surface area (Å²) in [6.45, 7) is 0.603. The van der Waals surface area contributed by atoms with E-state index in [-0.39, 0.29) is 12.2 Å². The van der Waals surface area contributed by atoms with Gasteiger partial charge in [-0.1, -0.05) is 23.7 Å². The van der Waals surface area contributed by atoms with Crippen molar-refractivity contribution in [3.63, 3.8) is 0 Å². The van der Waals surface area contributed by atoms with E-state index in [0.29, 0.717) is 5.02 Å². The molecule has 1 atom stereocenters. The summed E-state index contributed by atoms with van der Waals surface area (Å²) in [6, 6.07) is 5.56. The fourth-order valence-corrected chi connectivity index (χ4v) is 1.56. The van der Waals surface area contributed by atoms with Gasteiger partial charge in [0.1, 0.15) is 0 Å². The standard InChI is InChI=1S/C11H12ClNO5/c1-2-18-10(14)11(15,7-13(16)17)8-3-5-9(12)6-4-8/h3-6,15H,2,7H2,1H3. The summed E-state index contributed by atoms with van der Waals surface area (Å²) in [4.78, 5) is 21.5. The number of nitro groups is 1. The smallest absolute Gasteiger partial charge is 0.349 e. The van der Waals surface area contributed by atoms with Crippen LogP contribution < -0.4 is 0 Å². The van der Waals surface area contributed by atoms with Gasteiger partial charge in [0.15, 0.2) is 0 Å². The summed E-state index contributed by atoms with van der Waals surface area (Å²) in [7, 11) is 0. The van der Waals surface area contributed by atoms with Crippen molar-refractivity contribution in [2.24, 2.45) is 0 Å². The Morgan fingerprint density at radius 1 is 1.50 bits per heavy atom. The van der Waals surface area contributed by atoms with Crippen LogP contribution in [-0.2, 0) is 15.1 Å². The van der Waals surface area contributed by atoms with Gasteiger partial charge in [-0.05, 0) is 19.1 Å². The van der Waals surface area contributed by atoms with E-state index in [9.17, 15) is 20.0 Å². The lowest BCUT2D eigenvalue weighted by Crippen LogP contribution is -2.43. The van der Waals surface area contributed by atoms with Crippen molar-refractivity contribution in [2.45, 2.75) is 12.5 Å². The van der Waals surface area contributed by atoms with Crippen molar-refractivity contribution in [3.05, 3.63) is 45.0 Å². The molecule has 0 aliphatic rings. The molecule has 1 aromatic rings. The molecule has 7 heteroatoms. The molecule has 0 amide bonds. The van der Waals surface area contributed by atoms with Crippen LogP contribution in [0.2, 0.25) is 5.02 Å². The van der Waals surface area contributed by atoms with Crippen LogP contribution in [0.25, 0.3) is 0 Å². The van der Waals surface area contributed by atoms with Gasteiger partial charge in [0, 0.05) is 15.5 Å². The Balaban J connectivity index is 3.14. The molecular weight excluding hydrogens is 262 g/mol. The molecule has 0 bridgehead atoms. The zero-order valence-electron chi connectivity index (χ0n) is 9.63. The molecular formula is C11H12ClNO5.